The standard InChI is InChI=1S/C21H21N3O3/c1-14(26)21-22-8-9-24(21)12-19-11-20(27-23-19)16-5-2-15(3-6-16)4-7-17-10-18(17)13-25/h2-3,5-6,8-9,11,14,17-18,25-26H,10,12-13H2,1H3/t14-,17+,18-/m0/s1. The molecule has 2 aromatic heterocycles. The Hall–Kier alpha value is -2.88. The number of benzene rings is 1. The fourth-order valence-electron chi connectivity index (χ4n) is 3.04. The summed E-state index contributed by atoms with van der Waals surface area (Å²) >= 11 is 0. The first kappa shape index (κ1) is 17.5. The Morgan fingerprint density at radius 2 is 2.15 bits per heavy atom. The second-order valence-electron chi connectivity index (χ2n) is 6.90. The molecule has 2 N–H and O–H groups in total. The highest BCUT2D eigenvalue weighted by Crippen LogP contribution is 2.37. The summed E-state index contributed by atoms with van der Waals surface area (Å²) in [6.45, 7) is 2.40. The van der Waals surface area contributed by atoms with Gasteiger partial charge in [0, 0.05) is 42.1 Å². The molecule has 6 heteroatoms. The van der Waals surface area contributed by atoms with Crippen LogP contribution >= 0.6 is 0 Å². The summed E-state index contributed by atoms with van der Waals surface area (Å²) in [7, 11) is 0. The van der Waals surface area contributed by atoms with Crippen molar-refractivity contribution in [2.45, 2.75) is 26.0 Å². The highest BCUT2D eigenvalue weighted by atomic mass is 16.5. The fraction of sp³-hybridized carbons (Fsp3) is 0.333. The number of aliphatic hydroxyl groups excluding tert-OH is 2. The summed E-state index contributed by atoms with van der Waals surface area (Å²) < 4.78 is 7.32. The summed E-state index contributed by atoms with van der Waals surface area (Å²) in [6.07, 6.45) is 3.83. The molecule has 0 radical (unpaired) electrons. The lowest BCUT2D eigenvalue weighted by molar-refractivity contribution is 0.184. The van der Waals surface area contributed by atoms with E-state index in [0.717, 1.165) is 23.2 Å². The van der Waals surface area contributed by atoms with E-state index in [1.54, 1.807) is 13.1 Å². The van der Waals surface area contributed by atoms with Crippen molar-refractivity contribution in [1.29, 1.82) is 0 Å². The van der Waals surface area contributed by atoms with E-state index in [1.165, 1.54) is 0 Å². The lowest BCUT2D eigenvalue weighted by Crippen LogP contribution is -2.07. The average Bonchev–Trinajstić information content (AvgIpc) is 3.03. The summed E-state index contributed by atoms with van der Waals surface area (Å²) in [4.78, 5) is 4.16. The molecule has 1 aliphatic carbocycles. The van der Waals surface area contributed by atoms with Crippen LogP contribution in [-0.4, -0.2) is 31.5 Å². The van der Waals surface area contributed by atoms with Crippen molar-refractivity contribution >= 4 is 0 Å². The van der Waals surface area contributed by atoms with E-state index in [4.69, 9.17) is 9.63 Å². The third kappa shape index (κ3) is 3.95. The van der Waals surface area contributed by atoms with Crippen LogP contribution in [0.25, 0.3) is 11.3 Å². The van der Waals surface area contributed by atoms with E-state index in [0.29, 0.717) is 30.0 Å². The Balaban J connectivity index is 1.44. The second-order valence-corrected chi connectivity index (χ2v) is 6.90. The highest BCUT2D eigenvalue weighted by Gasteiger charge is 2.34. The summed E-state index contributed by atoms with van der Waals surface area (Å²) in [6, 6.07) is 9.74. The molecular formula is C21H21N3O3. The normalized spacial score (nSPS) is 19.4. The van der Waals surface area contributed by atoms with Crippen molar-refractivity contribution in [3.05, 3.63) is 59.8 Å². The average molecular weight is 363 g/mol. The van der Waals surface area contributed by atoms with Crippen LogP contribution in [0.2, 0.25) is 0 Å². The first-order chi connectivity index (χ1) is 13.1. The van der Waals surface area contributed by atoms with E-state index in [2.05, 4.69) is 22.0 Å². The van der Waals surface area contributed by atoms with Crippen molar-refractivity contribution in [2.75, 3.05) is 6.61 Å². The van der Waals surface area contributed by atoms with E-state index in [1.807, 2.05) is 41.1 Å². The molecule has 1 fully saturated rings. The molecule has 0 aliphatic heterocycles. The monoisotopic (exact) mass is 363 g/mol. The number of aromatic nitrogens is 3. The number of nitrogens with zero attached hydrogens (tertiary/aromatic N) is 3. The first-order valence-electron chi connectivity index (χ1n) is 9.01. The van der Waals surface area contributed by atoms with E-state index in [-0.39, 0.29) is 6.61 Å². The summed E-state index contributed by atoms with van der Waals surface area (Å²) in [5.74, 6) is 8.34. The lowest BCUT2D eigenvalue weighted by Gasteiger charge is -2.07. The Morgan fingerprint density at radius 3 is 2.85 bits per heavy atom. The zero-order valence-corrected chi connectivity index (χ0v) is 15.0. The van der Waals surface area contributed by atoms with Crippen LogP contribution in [0.4, 0.5) is 0 Å². The molecule has 3 atom stereocenters. The van der Waals surface area contributed by atoms with Gasteiger partial charge in [0.15, 0.2) is 5.76 Å². The second kappa shape index (κ2) is 7.39. The third-order valence-corrected chi connectivity index (χ3v) is 4.74. The van der Waals surface area contributed by atoms with Gasteiger partial charge in [-0.2, -0.15) is 0 Å². The molecule has 0 unspecified atom stereocenters. The topological polar surface area (TPSA) is 84.3 Å². The van der Waals surface area contributed by atoms with Crippen molar-refractivity contribution < 1.29 is 14.7 Å². The molecule has 1 saturated carbocycles. The molecule has 138 valence electrons. The number of aliphatic hydroxyl groups is 2. The minimum atomic E-state index is -0.636. The van der Waals surface area contributed by atoms with Gasteiger partial charge in [-0.15, -0.1) is 0 Å². The zero-order chi connectivity index (χ0) is 18.8. The van der Waals surface area contributed by atoms with Crippen LogP contribution in [0.1, 0.15) is 36.5 Å². The predicted octanol–water partition coefficient (Wildman–Crippen LogP) is 2.62. The maximum absolute atomic E-state index is 9.74. The molecule has 0 amide bonds. The van der Waals surface area contributed by atoms with E-state index >= 15 is 0 Å². The van der Waals surface area contributed by atoms with E-state index < -0.39 is 6.10 Å². The third-order valence-electron chi connectivity index (χ3n) is 4.74. The van der Waals surface area contributed by atoms with Gasteiger partial charge in [0.25, 0.3) is 0 Å². The first-order valence-corrected chi connectivity index (χ1v) is 9.01. The summed E-state index contributed by atoms with van der Waals surface area (Å²) in [5.41, 5.74) is 2.64. The SMILES string of the molecule is C[C@H](O)c1nccn1Cc1cc(-c2ccc(C#C[C@@H]3C[C@H]3CO)cc2)on1. The van der Waals surface area contributed by atoms with Crippen LogP contribution in [0, 0.1) is 23.7 Å². The molecule has 0 spiro atoms. The van der Waals surface area contributed by atoms with Crippen molar-refractivity contribution in [3.63, 3.8) is 0 Å². The van der Waals surface area contributed by atoms with Crippen molar-refractivity contribution in [3.8, 4) is 23.2 Å². The van der Waals surface area contributed by atoms with Gasteiger partial charge in [-0.05, 0) is 43.5 Å². The van der Waals surface area contributed by atoms with Gasteiger partial charge in [0.2, 0.25) is 0 Å². The minimum Gasteiger partial charge on any atom is -0.396 e. The Bertz CT molecular complexity index is 976. The molecule has 27 heavy (non-hydrogen) atoms. The number of rotatable bonds is 5. The number of hydrogen-bond acceptors (Lipinski definition) is 5. The Kier molecular flexibility index (Phi) is 4.80. The highest BCUT2D eigenvalue weighted by molar-refractivity contribution is 5.59. The number of imidazole rings is 1. The molecule has 1 aromatic carbocycles. The maximum Gasteiger partial charge on any atom is 0.167 e. The summed E-state index contributed by atoms with van der Waals surface area (Å²) in [5, 5.41) is 22.9. The van der Waals surface area contributed by atoms with Gasteiger partial charge in [-0.1, -0.05) is 17.0 Å². The molecule has 0 saturated heterocycles. The molecule has 3 aromatic rings. The smallest absolute Gasteiger partial charge is 0.167 e. The van der Waals surface area contributed by atoms with Gasteiger partial charge in [-0.3, -0.25) is 0 Å². The van der Waals surface area contributed by atoms with Gasteiger partial charge in [-0.25, -0.2) is 4.98 Å². The van der Waals surface area contributed by atoms with Crippen LogP contribution < -0.4 is 0 Å². The van der Waals surface area contributed by atoms with Crippen LogP contribution in [0.3, 0.4) is 0 Å². The molecule has 1 aliphatic rings. The zero-order valence-electron chi connectivity index (χ0n) is 15.0. The molecule has 0 bridgehead atoms. The molecular weight excluding hydrogens is 342 g/mol. The molecule has 2 heterocycles. The minimum absolute atomic E-state index is 0.226. The predicted molar refractivity (Wildman–Crippen MR) is 99.5 cm³/mol. The maximum atomic E-state index is 9.74. The van der Waals surface area contributed by atoms with Gasteiger partial charge < -0.3 is 19.3 Å². The Labute approximate surface area is 157 Å². The van der Waals surface area contributed by atoms with E-state index in [9.17, 15) is 5.11 Å². The van der Waals surface area contributed by atoms with Gasteiger partial charge in [0.1, 0.15) is 17.6 Å². The van der Waals surface area contributed by atoms with Gasteiger partial charge in [0.05, 0.1) is 6.54 Å². The quantitative estimate of drug-likeness (QED) is 0.681. The number of hydrogen-bond donors (Lipinski definition) is 2. The van der Waals surface area contributed by atoms with Gasteiger partial charge >= 0.3 is 0 Å². The molecule has 4 rings (SSSR count). The van der Waals surface area contributed by atoms with Crippen molar-refractivity contribution in [2.24, 2.45) is 11.8 Å². The lowest BCUT2D eigenvalue weighted by atomic mass is 10.1. The Morgan fingerprint density at radius 1 is 1.33 bits per heavy atom. The largest absolute Gasteiger partial charge is 0.396 e. The van der Waals surface area contributed by atoms with Crippen LogP contribution in [-0.2, 0) is 6.54 Å². The van der Waals surface area contributed by atoms with Crippen molar-refractivity contribution in [1.82, 2.24) is 14.7 Å². The fourth-order valence-corrected chi connectivity index (χ4v) is 3.04. The van der Waals surface area contributed by atoms with Crippen LogP contribution in [0.15, 0.2) is 47.2 Å². The molecule has 6 nitrogen and oxygen atoms in total. The van der Waals surface area contributed by atoms with Crippen LogP contribution in [0.5, 0.6) is 0 Å².